The Labute approximate surface area is 790 Å². The smallest absolute Gasteiger partial charge is 0.165 e. The number of piperazine rings is 1. The molecule has 6 aliphatic heterocycles. The highest BCUT2D eigenvalue weighted by Crippen LogP contribution is 2.40. The van der Waals surface area contributed by atoms with Crippen LogP contribution in [0.1, 0.15) is 129 Å². The number of aryl methyl sites for hydroxylation is 6. The second kappa shape index (κ2) is 38.8. The van der Waals surface area contributed by atoms with E-state index in [-0.39, 0.29) is 35.3 Å². The lowest BCUT2D eigenvalue weighted by atomic mass is 9.79. The van der Waals surface area contributed by atoms with E-state index < -0.39 is 16.5 Å². The van der Waals surface area contributed by atoms with Crippen molar-refractivity contribution in [1.82, 2.24) is 183 Å². The van der Waals surface area contributed by atoms with Crippen molar-refractivity contribution < 1.29 is 8.60 Å². The molecule has 6 aliphatic rings. The number of nitrogen functional groups attached to an aromatic ring is 6. The average molecular weight is 1930 g/mol. The predicted molar refractivity (Wildman–Crippen MR) is 521 cm³/mol. The molecule has 136 heavy (non-hydrogen) atoms. The van der Waals surface area contributed by atoms with Crippen LogP contribution in [0.15, 0.2) is 146 Å². The number of piperidine rings is 4. The van der Waals surface area contributed by atoms with Gasteiger partial charge in [0.25, 0.3) is 0 Å². The van der Waals surface area contributed by atoms with Crippen LogP contribution in [0.3, 0.4) is 0 Å². The number of hydrogen-bond donors (Lipinski definition) is 13. The van der Waals surface area contributed by atoms with E-state index in [9.17, 15) is 4.21 Å². The van der Waals surface area contributed by atoms with E-state index in [1.165, 1.54) is 30.2 Å². The quantitative estimate of drug-likeness (QED) is 0.0622. The first-order valence-corrected chi connectivity index (χ1v) is 47.6. The number of rotatable bonds is 12. The van der Waals surface area contributed by atoms with Crippen molar-refractivity contribution in [1.29, 1.82) is 0 Å². The van der Waals surface area contributed by atoms with Crippen LogP contribution in [-0.2, 0) is 64.2 Å². The van der Waals surface area contributed by atoms with Crippen LogP contribution in [0.4, 0.5) is 39.3 Å². The van der Waals surface area contributed by atoms with Gasteiger partial charge in [-0.1, -0.05) is 19.8 Å². The fourth-order valence-electron chi connectivity index (χ4n) is 18.2. The number of halogens is 2. The van der Waals surface area contributed by atoms with Crippen molar-refractivity contribution in [3.8, 4) is 66.8 Å². The molecule has 19 N–H and O–H groups in total. The van der Waals surface area contributed by atoms with Gasteiger partial charge in [0.2, 0.25) is 0 Å². The maximum Gasteiger partial charge on any atom is 0.165 e. The number of fused-ring (bicyclic) bond motifs is 6. The van der Waals surface area contributed by atoms with E-state index >= 15 is 4.39 Å². The van der Waals surface area contributed by atoms with Crippen LogP contribution in [0, 0.1) is 0 Å². The van der Waals surface area contributed by atoms with Gasteiger partial charge in [-0.25, -0.2) is 34.3 Å². The van der Waals surface area contributed by atoms with E-state index in [2.05, 4.69) is 126 Å². The maximum absolute atomic E-state index is 15.2. The van der Waals surface area contributed by atoms with Gasteiger partial charge in [-0.3, -0.25) is 32.3 Å². The standard InChI is InChI=1S/C16H21N7.C15H18BrN7.C15H18FN7.C15H19N7.C14H18N8.C14H17N7OS/c1-16(4-3-5-18-10-16)13-6-14(17)23-15(21-13)12(8-20-23)11-7-19-22(2)9-11;1-22-8-9(6-19-22)10-7-20-23-14(17)12(16)13(21-15(10)23)11-4-2-3-5-18-11;1-22-8-10(6-19-22)11-7-20-23-13(17)5-12(21-14(11)23)15(16)3-2-4-18-9-15;1-21-9-10(7-18-21)11-8-19-22-14(16)6-13(20-15(11)22)12-4-2-3-5-17-12;1-21-8-9(5-18-21)10-6-19-22-13(15)4-11(20-14(10)22)12-7-16-2-3-17-12;1-20-8-9(5-17-20)10-6-18-21-13(15)4-11(19-14(10)21)12-7-16-2-3-23(12)22/h6-9,18H,3-5,10,17H2,1-2H3;6-8,11,18H,2-5,17H2,1H3;5-8,18H,2-4,9,17H2,1H3;6-9,12,17H,2-5,16H2,1H3;4-6,8,12,16-17H,2-3,7,15H2,1H3;4-6,8,12,16H,2-3,7,15H2,1H3. The van der Waals surface area contributed by atoms with E-state index in [1.54, 1.807) is 112 Å². The number of hydrogen-bond acceptors (Lipinski definition) is 32. The summed E-state index contributed by atoms with van der Waals surface area (Å²) in [6.45, 7) is 11.5. The molecule has 44 nitrogen and oxygen atoms in total. The zero-order valence-corrected chi connectivity index (χ0v) is 79.0. The molecule has 24 heterocycles. The number of nitrogens with two attached hydrogens (primary N) is 6. The second-order valence-electron chi connectivity index (χ2n) is 35.4. The van der Waals surface area contributed by atoms with Crippen LogP contribution in [0.5, 0.6) is 0 Å². The van der Waals surface area contributed by atoms with Crippen LogP contribution >= 0.6 is 15.9 Å². The lowest BCUT2D eigenvalue weighted by molar-refractivity contribution is 0.117. The monoisotopic (exact) mass is 1930 g/mol. The topological polar surface area (TPSA) is 545 Å². The van der Waals surface area contributed by atoms with Crippen molar-refractivity contribution in [3.05, 3.63) is 181 Å². The molecule has 0 aliphatic carbocycles. The zero-order chi connectivity index (χ0) is 94.2. The zero-order valence-electron chi connectivity index (χ0n) is 76.6. The first-order valence-electron chi connectivity index (χ1n) is 45.4. The molecule has 6 saturated heterocycles. The van der Waals surface area contributed by atoms with Crippen LogP contribution < -0.4 is 71.6 Å². The average Bonchev–Trinajstić information content (AvgIpc) is 1.60. The fourth-order valence-corrected chi connectivity index (χ4v) is 20.0. The van der Waals surface area contributed by atoms with Gasteiger partial charge in [0.1, 0.15) is 34.9 Å². The van der Waals surface area contributed by atoms with E-state index in [0.29, 0.717) is 70.6 Å². The molecule has 7 unspecified atom stereocenters. The molecule has 0 amide bonds. The van der Waals surface area contributed by atoms with Crippen LogP contribution in [0.2, 0.25) is 0 Å². The van der Waals surface area contributed by atoms with E-state index in [0.717, 1.165) is 213 Å². The van der Waals surface area contributed by atoms with Crippen molar-refractivity contribution in [2.75, 3.05) is 112 Å². The first-order chi connectivity index (χ1) is 65.9. The van der Waals surface area contributed by atoms with Crippen LogP contribution in [0.25, 0.3) is 101 Å². The summed E-state index contributed by atoms with van der Waals surface area (Å²) in [6.07, 6.45) is 43.5. The molecule has 0 aromatic carbocycles. The third-order valence-corrected chi connectivity index (χ3v) is 27.9. The molecule has 47 heteroatoms. The SMILES string of the molecule is Cn1cc(-c2cnn3c(N)c(Br)c(C4CCCCN4)nc23)cn1.Cn1cc(-c2cnn3c(N)cc(C4(C)CCCNC4)nc23)cn1.Cn1cc(-c2cnn3c(N)cc(C4(F)CCCNC4)nc23)cn1.Cn1cc(-c2cnn3c(N)cc(C4CCCCN4)nc23)cn1.Cn1cc(-c2cnn3c(N)cc(C4CNCCN4)nc23)cn1.Cn1cc(-c2cnn3c(N)cc(C4CNCCS4=O)nc23)cn1. The Morgan fingerprint density at radius 1 is 0.368 bits per heavy atom. The summed E-state index contributed by atoms with van der Waals surface area (Å²) >= 11 is 3.60. The van der Waals surface area contributed by atoms with Gasteiger partial charge in [0, 0.05) is 250 Å². The predicted octanol–water partition coefficient (Wildman–Crippen LogP) is 6.48. The minimum absolute atomic E-state index is 0.00456. The fraction of sp³-hybridized carbons (Fsp3) is 0.393. The Kier molecular flexibility index (Phi) is 26.0. The van der Waals surface area contributed by atoms with E-state index in [1.807, 2.05) is 122 Å². The largest absolute Gasteiger partial charge is 0.384 e. The number of anilines is 6. The summed E-state index contributed by atoms with van der Waals surface area (Å²) in [4.78, 5) is 28.7. The Morgan fingerprint density at radius 3 is 1.12 bits per heavy atom. The molecule has 6 fully saturated rings. The summed E-state index contributed by atoms with van der Waals surface area (Å²) in [5.74, 6) is 3.89. The molecule has 0 radical (unpaired) electrons. The lowest BCUT2D eigenvalue weighted by Crippen LogP contribution is -2.43. The minimum atomic E-state index is -1.50. The van der Waals surface area contributed by atoms with Crippen molar-refractivity contribution in [3.63, 3.8) is 0 Å². The van der Waals surface area contributed by atoms with Gasteiger partial charge < -0.3 is 71.6 Å². The number of nitrogens with zero attached hydrogens (tertiary/aromatic N) is 30. The third kappa shape index (κ3) is 18.8. The molecule has 7 atom stereocenters. The van der Waals surface area contributed by atoms with Gasteiger partial charge in [0.05, 0.1) is 130 Å². The molecule has 18 aromatic rings. The third-order valence-electron chi connectivity index (χ3n) is 25.5. The number of nitrogens with one attached hydrogen (secondary N) is 7. The number of alkyl halides is 1. The van der Waals surface area contributed by atoms with Gasteiger partial charge in [-0.15, -0.1) is 0 Å². The van der Waals surface area contributed by atoms with Crippen molar-refractivity contribution in [2.24, 2.45) is 42.3 Å². The highest BCUT2D eigenvalue weighted by molar-refractivity contribution is 9.10. The summed E-state index contributed by atoms with van der Waals surface area (Å²) in [5.41, 5.74) is 56.1. The Hall–Kier alpha value is -13.9. The second-order valence-corrected chi connectivity index (χ2v) is 37.9. The molecular formula is C89H111BrFN43OS. The minimum Gasteiger partial charge on any atom is -0.384 e. The summed E-state index contributed by atoms with van der Waals surface area (Å²) < 4.78 is 48.7. The highest BCUT2D eigenvalue weighted by atomic mass is 79.9. The van der Waals surface area contributed by atoms with Crippen molar-refractivity contribution >= 4 is 95.5 Å². The van der Waals surface area contributed by atoms with Gasteiger partial charge in [-0.05, 0) is 93.5 Å². The Balaban J connectivity index is 0.000000105. The van der Waals surface area contributed by atoms with Gasteiger partial charge in [-0.2, -0.15) is 88.3 Å². The summed E-state index contributed by atoms with van der Waals surface area (Å²) in [5, 5.41) is 74.9. The van der Waals surface area contributed by atoms with E-state index in [4.69, 9.17) is 59.3 Å². The van der Waals surface area contributed by atoms with Gasteiger partial charge in [0.15, 0.2) is 39.6 Å². The van der Waals surface area contributed by atoms with Crippen LogP contribution in [-0.4, -0.2) is 228 Å². The lowest BCUT2D eigenvalue weighted by Gasteiger charge is -2.33. The molecule has 0 spiro atoms. The van der Waals surface area contributed by atoms with Gasteiger partial charge >= 0.3 is 0 Å². The Morgan fingerprint density at radius 2 is 0.735 bits per heavy atom. The summed E-state index contributed by atoms with van der Waals surface area (Å²) in [6, 6.07) is 9.79. The molecule has 0 saturated carbocycles. The normalized spacial score (nSPS) is 20.3. The maximum atomic E-state index is 15.2. The Bertz CT molecular complexity index is 7040. The molecule has 24 rings (SSSR count). The highest BCUT2D eigenvalue weighted by Gasteiger charge is 2.38. The molecule has 18 aromatic heterocycles. The molecule has 708 valence electrons. The summed E-state index contributed by atoms with van der Waals surface area (Å²) in [7, 11) is 10.3. The number of aromatic nitrogens is 30. The first kappa shape index (κ1) is 91.2. The van der Waals surface area contributed by atoms with Crippen molar-refractivity contribution in [2.45, 2.75) is 106 Å². The molecular weight excluding hydrogens is 1820 g/mol. The molecule has 0 bridgehead atoms.